The molecule has 0 aromatic rings. The summed E-state index contributed by atoms with van der Waals surface area (Å²) in [6.07, 6.45) is 11.4. The molecule has 0 aromatic heterocycles. The molecule has 0 aliphatic rings. The van der Waals surface area contributed by atoms with Gasteiger partial charge in [-0.3, -0.25) is 0 Å². The van der Waals surface area contributed by atoms with E-state index in [9.17, 15) is 0 Å². The molecular weight excluding hydrogens is 194 g/mol. The average Bonchev–Trinajstić information content (AvgIpc) is 2.17. The number of hydrogen-bond donors (Lipinski definition) is 1. The van der Waals surface area contributed by atoms with Crippen molar-refractivity contribution in [2.45, 2.75) is 53.4 Å². The van der Waals surface area contributed by atoms with Crippen LogP contribution in [0.1, 0.15) is 53.4 Å². The summed E-state index contributed by atoms with van der Waals surface area (Å²) >= 11 is 0. The molecule has 16 heavy (non-hydrogen) atoms. The first-order valence-electron chi connectivity index (χ1n) is 6.21. The van der Waals surface area contributed by atoms with Gasteiger partial charge in [0.15, 0.2) is 0 Å². The smallest absolute Gasteiger partial charge is 0.0109 e. The first kappa shape index (κ1) is 15.2. The maximum absolute atomic E-state index is 5.46. The van der Waals surface area contributed by atoms with E-state index >= 15 is 0 Å². The molecular formula is C15H27N. The van der Waals surface area contributed by atoms with Crippen LogP contribution in [0.3, 0.4) is 0 Å². The summed E-state index contributed by atoms with van der Waals surface area (Å²) in [5.41, 5.74) is 9.77. The van der Waals surface area contributed by atoms with E-state index in [2.05, 4.69) is 45.9 Å². The minimum atomic E-state index is 0.662. The van der Waals surface area contributed by atoms with Crippen LogP contribution >= 0.6 is 0 Å². The van der Waals surface area contributed by atoms with Gasteiger partial charge in [0.05, 0.1) is 0 Å². The van der Waals surface area contributed by atoms with Gasteiger partial charge in [0.1, 0.15) is 0 Å². The Bertz CT molecular complexity index is 265. The van der Waals surface area contributed by atoms with Gasteiger partial charge in [-0.25, -0.2) is 0 Å². The zero-order valence-electron chi connectivity index (χ0n) is 11.3. The molecule has 0 bridgehead atoms. The van der Waals surface area contributed by atoms with Crippen molar-refractivity contribution in [2.75, 3.05) is 6.54 Å². The van der Waals surface area contributed by atoms with E-state index in [0.717, 1.165) is 12.8 Å². The lowest BCUT2D eigenvalue weighted by molar-refractivity contribution is 0.914. The van der Waals surface area contributed by atoms with Crippen molar-refractivity contribution in [3.63, 3.8) is 0 Å². The fraction of sp³-hybridized carbons (Fsp3) is 0.600. The molecule has 0 rings (SSSR count). The van der Waals surface area contributed by atoms with Gasteiger partial charge in [0.2, 0.25) is 0 Å². The highest BCUT2D eigenvalue weighted by molar-refractivity contribution is 5.05. The van der Waals surface area contributed by atoms with Gasteiger partial charge >= 0.3 is 0 Å². The highest BCUT2D eigenvalue weighted by atomic mass is 14.5. The predicted molar refractivity (Wildman–Crippen MR) is 74.5 cm³/mol. The molecule has 0 fully saturated rings. The molecule has 0 aromatic carbocycles. The van der Waals surface area contributed by atoms with Gasteiger partial charge in [-0.2, -0.15) is 0 Å². The quantitative estimate of drug-likeness (QED) is 0.635. The molecule has 0 saturated heterocycles. The highest BCUT2D eigenvalue weighted by Crippen LogP contribution is 2.10. The lowest BCUT2D eigenvalue weighted by Gasteiger charge is -2.00. The molecule has 0 spiro atoms. The first-order valence-corrected chi connectivity index (χ1v) is 6.21. The maximum Gasteiger partial charge on any atom is 0.0109 e. The van der Waals surface area contributed by atoms with Crippen molar-refractivity contribution in [3.8, 4) is 0 Å². The molecule has 0 aliphatic carbocycles. The third kappa shape index (κ3) is 9.72. The maximum atomic E-state index is 5.46. The van der Waals surface area contributed by atoms with Gasteiger partial charge in [-0.15, -0.1) is 0 Å². The molecule has 0 aliphatic heterocycles. The summed E-state index contributed by atoms with van der Waals surface area (Å²) in [6, 6.07) is 0. The van der Waals surface area contributed by atoms with E-state index < -0.39 is 0 Å². The van der Waals surface area contributed by atoms with Crippen molar-refractivity contribution in [3.05, 3.63) is 34.9 Å². The van der Waals surface area contributed by atoms with Crippen LogP contribution in [0.25, 0.3) is 0 Å². The molecule has 0 saturated carbocycles. The Hall–Kier alpha value is -0.820. The topological polar surface area (TPSA) is 26.0 Å². The number of rotatable bonds is 7. The Kier molecular flexibility index (Phi) is 8.93. The minimum absolute atomic E-state index is 0.662. The number of hydrogen-bond acceptors (Lipinski definition) is 1. The van der Waals surface area contributed by atoms with Crippen LogP contribution in [0, 0.1) is 0 Å². The summed E-state index contributed by atoms with van der Waals surface area (Å²) in [5.74, 6) is 0. The first-order chi connectivity index (χ1) is 7.56. The van der Waals surface area contributed by atoms with Crippen LogP contribution in [0.5, 0.6) is 0 Å². The van der Waals surface area contributed by atoms with Gasteiger partial charge < -0.3 is 5.73 Å². The standard InChI is InChI=1S/C15H27N/c1-13(2)7-5-8-14(3)9-6-10-15(4)11-12-16/h7,9,11H,5-6,8,10,12,16H2,1-4H3/b14-9?,15-11-. The zero-order chi connectivity index (χ0) is 12.4. The summed E-state index contributed by atoms with van der Waals surface area (Å²) in [6.45, 7) is 9.34. The van der Waals surface area contributed by atoms with E-state index in [-0.39, 0.29) is 0 Å². The molecule has 0 radical (unpaired) electrons. The Morgan fingerprint density at radius 2 is 1.31 bits per heavy atom. The van der Waals surface area contributed by atoms with Gasteiger partial charge in [0.25, 0.3) is 0 Å². The molecule has 1 heteroatoms. The largest absolute Gasteiger partial charge is 0.327 e. The van der Waals surface area contributed by atoms with Crippen molar-refractivity contribution >= 4 is 0 Å². The Labute approximate surface area is 101 Å². The van der Waals surface area contributed by atoms with Crippen molar-refractivity contribution in [2.24, 2.45) is 5.73 Å². The molecule has 0 atom stereocenters. The Morgan fingerprint density at radius 3 is 1.81 bits per heavy atom. The molecule has 0 amide bonds. The minimum Gasteiger partial charge on any atom is -0.327 e. The second-order valence-corrected chi connectivity index (χ2v) is 4.70. The van der Waals surface area contributed by atoms with E-state index in [0.29, 0.717) is 6.54 Å². The predicted octanol–water partition coefficient (Wildman–Crippen LogP) is 4.36. The summed E-state index contributed by atoms with van der Waals surface area (Å²) < 4.78 is 0. The summed E-state index contributed by atoms with van der Waals surface area (Å²) in [4.78, 5) is 0. The molecule has 0 unspecified atom stereocenters. The van der Waals surface area contributed by atoms with Crippen molar-refractivity contribution in [1.29, 1.82) is 0 Å². The van der Waals surface area contributed by atoms with Crippen LogP contribution in [-0.4, -0.2) is 6.54 Å². The van der Waals surface area contributed by atoms with Gasteiger partial charge in [-0.1, -0.05) is 34.9 Å². The number of nitrogens with two attached hydrogens (primary N) is 1. The van der Waals surface area contributed by atoms with E-state index in [1.54, 1.807) is 0 Å². The van der Waals surface area contributed by atoms with Crippen molar-refractivity contribution < 1.29 is 0 Å². The normalized spacial score (nSPS) is 12.8. The Balaban J connectivity index is 3.79. The lowest BCUT2D eigenvalue weighted by atomic mass is 10.1. The fourth-order valence-electron chi connectivity index (χ4n) is 1.54. The molecule has 92 valence electrons. The van der Waals surface area contributed by atoms with E-state index in [1.165, 1.54) is 29.6 Å². The van der Waals surface area contributed by atoms with Crippen LogP contribution in [-0.2, 0) is 0 Å². The second-order valence-electron chi connectivity index (χ2n) is 4.70. The second kappa shape index (κ2) is 9.41. The summed E-state index contributed by atoms with van der Waals surface area (Å²) in [5, 5.41) is 0. The van der Waals surface area contributed by atoms with Crippen LogP contribution in [0.4, 0.5) is 0 Å². The summed E-state index contributed by atoms with van der Waals surface area (Å²) in [7, 11) is 0. The fourth-order valence-corrected chi connectivity index (χ4v) is 1.54. The molecule has 0 heterocycles. The van der Waals surface area contributed by atoms with Crippen LogP contribution in [0.2, 0.25) is 0 Å². The van der Waals surface area contributed by atoms with Gasteiger partial charge in [0, 0.05) is 6.54 Å². The van der Waals surface area contributed by atoms with Gasteiger partial charge in [-0.05, 0) is 53.4 Å². The monoisotopic (exact) mass is 221 g/mol. The third-order valence-corrected chi connectivity index (χ3v) is 2.59. The van der Waals surface area contributed by atoms with Crippen LogP contribution in [0.15, 0.2) is 34.9 Å². The van der Waals surface area contributed by atoms with Crippen LogP contribution < -0.4 is 5.73 Å². The Morgan fingerprint density at radius 1 is 0.812 bits per heavy atom. The van der Waals surface area contributed by atoms with E-state index in [1.807, 2.05) is 0 Å². The average molecular weight is 221 g/mol. The van der Waals surface area contributed by atoms with Crippen molar-refractivity contribution in [1.82, 2.24) is 0 Å². The SMILES string of the molecule is CC(C)=CCCC(C)=CCC/C(C)=C\CN. The zero-order valence-corrected chi connectivity index (χ0v) is 11.3. The number of allylic oxidation sites excluding steroid dienone is 5. The highest BCUT2D eigenvalue weighted by Gasteiger charge is 1.91. The lowest BCUT2D eigenvalue weighted by Crippen LogP contribution is -1.94. The third-order valence-electron chi connectivity index (χ3n) is 2.59. The van der Waals surface area contributed by atoms with E-state index in [4.69, 9.17) is 5.73 Å². The molecule has 1 nitrogen and oxygen atoms in total. The molecule has 2 N–H and O–H groups in total.